The molecular weight excluding hydrogens is 382 g/mol. The number of hydrogen-bond donors (Lipinski definition) is 0. The maximum absolute atomic E-state index is 14.1. The zero-order valence-electron chi connectivity index (χ0n) is 17.6. The van der Waals surface area contributed by atoms with Gasteiger partial charge in [0.1, 0.15) is 6.61 Å². The SMILES string of the molecule is CCCC1CC=C(C#Cc2ccc(COc3ccc(OCC)c(F)c3F)cc2)CC1. The second-order valence-electron chi connectivity index (χ2n) is 7.52. The summed E-state index contributed by atoms with van der Waals surface area (Å²) >= 11 is 0. The van der Waals surface area contributed by atoms with E-state index in [0.29, 0.717) is 0 Å². The van der Waals surface area contributed by atoms with Crippen LogP contribution < -0.4 is 9.47 Å². The lowest BCUT2D eigenvalue weighted by Crippen LogP contribution is -2.04. The lowest BCUT2D eigenvalue weighted by Gasteiger charge is -2.18. The molecule has 0 saturated carbocycles. The van der Waals surface area contributed by atoms with Crippen molar-refractivity contribution in [2.24, 2.45) is 5.92 Å². The molecule has 158 valence electrons. The molecule has 0 radical (unpaired) electrons. The third kappa shape index (κ3) is 5.86. The van der Waals surface area contributed by atoms with Crippen LogP contribution in [0.25, 0.3) is 0 Å². The number of allylic oxidation sites excluding steroid dienone is 2. The summed E-state index contributed by atoms with van der Waals surface area (Å²) in [6, 6.07) is 10.4. The molecule has 0 aliphatic heterocycles. The molecule has 1 unspecified atom stereocenters. The number of ether oxygens (including phenoxy) is 2. The van der Waals surface area contributed by atoms with Crippen molar-refractivity contribution in [3.05, 3.63) is 70.8 Å². The Hall–Kier alpha value is -2.80. The Morgan fingerprint density at radius 2 is 1.63 bits per heavy atom. The first kappa shape index (κ1) is 21.9. The van der Waals surface area contributed by atoms with Crippen LogP contribution >= 0.6 is 0 Å². The summed E-state index contributed by atoms with van der Waals surface area (Å²) in [6.07, 6.45) is 8.26. The van der Waals surface area contributed by atoms with Gasteiger partial charge >= 0.3 is 0 Å². The summed E-state index contributed by atoms with van der Waals surface area (Å²) in [5, 5.41) is 0. The Balaban J connectivity index is 1.57. The third-order valence-corrected chi connectivity index (χ3v) is 5.24. The number of benzene rings is 2. The van der Waals surface area contributed by atoms with Gasteiger partial charge in [-0.25, -0.2) is 0 Å². The average Bonchev–Trinajstić information content (AvgIpc) is 2.77. The van der Waals surface area contributed by atoms with Crippen LogP contribution in [0.4, 0.5) is 8.78 Å². The molecule has 0 heterocycles. The summed E-state index contributed by atoms with van der Waals surface area (Å²) in [4.78, 5) is 0. The third-order valence-electron chi connectivity index (χ3n) is 5.24. The van der Waals surface area contributed by atoms with Crippen LogP contribution in [0.2, 0.25) is 0 Å². The molecule has 0 bridgehead atoms. The Morgan fingerprint density at radius 1 is 0.933 bits per heavy atom. The largest absolute Gasteiger partial charge is 0.491 e. The van der Waals surface area contributed by atoms with E-state index in [1.807, 2.05) is 24.3 Å². The normalized spacial score (nSPS) is 15.7. The summed E-state index contributed by atoms with van der Waals surface area (Å²) in [6.45, 7) is 4.36. The highest BCUT2D eigenvalue weighted by Crippen LogP contribution is 2.28. The van der Waals surface area contributed by atoms with Gasteiger partial charge in [0.05, 0.1) is 6.61 Å². The van der Waals surface area contributed by atoms with Crippen LogP contribution in [0, 0.1) is 29.4 Å². The second kappa shape index (κ2) is 10.8. The summed E-state index contributed by atoms with van der Waals surface area (Å²) in [5.74, 6) is 5.00. The van der Waals surface area contributed by atoms with Gasteiger partial charge in [0.25, 0.3) is 0 Å². The number of hydrogen-bond acceptors (Lipinski definition) is 2. The molecule has 2 aromatic carbocycles. The van der Waals surface area contributed by atoms with E-state index < -0.39 is 11.6 Å². The maximum atomic E-state index is 14.1. The van der Waals surface area contributed by atoms with Crippen LogP contribution in [-0.4, -0.2) is 6.61 Å². The molecule has 30 heavy (non-hydrogen) atoms. The number of rotatable bonds is 7. The smallest absolute Gasteiger partial charge is 0.204 e. The molecular formula is C26H28F2O2. The summed E-state index contributed by atoms with van der Waals surface area (Å²) in [5.41, 5.74) is 3.00. The molecule has 0 spiro atoms. The van der Waals surface area contributed by atoms with Crippen LogP contribution in [0.1, 0.15) is 57.1 Å². The van der Waals surface area contributed by atoms with Gasteiger partial charge in [0.2, 0.25) is 11.6 Å². The van der Waals surface area contributed by atoms with E-state index in [1.165, 1.54) is 37.0 Å². The Bertz CT molecular complexity index is 936. The molecule has 0 saturated heterocycles. The summed E-state index contributed by atoms with van der Waals surface area (Å²) < 4.78 is 38.5. The number of halogens is 2. The van der Waals surface area contributed by atoms with E-state index in [-0.39, 0.29) is 24.7 Å². The molecule has 0 fully saturated rings. The van der Waals surface area contributed by atoms with Crippen molar-refractivity contribution in [3.63, 3.8) is 0 Å². The lowest BCUT2D eigenvalue weighted by molar-refractivity contribution is 0.274. The fourth-order valence-electron chi connectivity index (χ4n) is 3.56. The summed E-state index contributed by atoms with van der Waals surface area (Å²) in [7, 11) is 0. The molecule has 0 aromatic heterocycles. The van der Waals surface area contributed by atoms with Crippen molar-refractivity contribution < 1.29 is 18.3 Å². The van der Waals surface area contributed by atoms with Crippen molar-refractivity contribution in [2.75, 3.05) is 6.61 Å². The van der Waals surface area contributed by atoms with Gasteiger partial charge < -0.3 is 9.47 Å². The molecule has 4 heteroatoms. The van der Waals surface area contributed by atoms with Gasteiger partial charge in [-0.3, -0.25) is 0 Å². The van der Waals surface area contributed by atoms with E-state index in [1.54, 1.807) is 6.92 Å². The topological polar surface area (TPSA) is 18.5 Å². The first-order chi connectivity index (χ1) is 14.6. The highest BCUT2D eigenvalue weighted by atomic mass is 19.2. The molecule has 0 N–H and O–H groups in total. The van der Waals surface area contributed by atoms with Crippen LogP contribution in [0.15, 0.2) is 48.0 Å². The molecule has 2 aromatic rings. The van der Waals surface area contributed by atoms with Crippen LogP contribution in [-0.2, 0) is 6.61 Å². The molecule has 1 atom stereocenters. The minimum Gasteiger partial charge on any atom is -0.491 e. The minimum absolute atomic E-state index is 0.112. The standard InChI is InChI=1S/C26H28F2O2/c1-3-5-19-6-8-20(9-7-19)10-11-21-12-14-22(15-13-21)18-30-24-17-16-23(29-4-2)25(27)26(24)28/h8,12-17,19H,3-7,9,18H2,1-2H3. The molecule has 2 nitrogen and oxygen atoms in total. The van der Waals surface area contributed by atoms with E-state index in [2.05, 4.69) is 24.8 Å². The van der Waals surface area contributed by atoms with E-state index in [4.69, 9.17) is 9.47 Å². The van der Waals surface area contributed by atoms with Crippen molar-refractivity contribution in [1.29, 1.82) is 0 Å². The monoisotopic (exact) mass is 410 g/mol. The Morgan fingerprint density at radius 3 is 2.23 bits per heavy atom. The Labute approximate surface area is 177 Å². The first-order valence-electron chi connectivity index (χ1n) is 10.6. The molecule has 3 rings (SSSR count). The predicted octanol–water partition coefficient (Wildman–Crippen LogP) is 6.82. The van der Waals surface area contributed by atoms with Crippen LogP contribution in [0.5, 0.6) is 11.5 Å². The van der Waals surface area contributed by atoms with E-state index >= 15 is 0 Å². The molecule has 1 aliphatic rings. The quantitative estimate of drug-likeness (QED) is 0.466. The van der Waals surface area contributed by atoms with Crippen molar-refractivity contribution in [2.45, 2.75) is 52.6 Å². The van der Waals surface area contributed by atoms with Gasteiger partial charge in [0.15, 0.2) is 11.5 Å². The highest BCUT2D eigenvalue weighted by molar-refractivity contribution is 5.42. The highest BCUT2D eigenvalue weighted by Gasteiger charge is 2.15. The molecule has 0 amide bonds. The van der Waals surface area contributed by atoms with Crippen molar-refractivity contribution in [3.8, 4) is 23.3 Å². The second-order valence-corrected chi connectivity index (χ2v) is 7.52. The van der Waals surface area contributed by atoms with Crippen molar-refractivity contribution >= 4 is 0 Å². The Kier molecular flexibility index (Phi) is 7.90. The van der Waals surface area contributed by atoms with E-state index in [0.717, 1.165) is 29.9 Å². The first-order valence-corrected chi connectivity index (χ1v) is 10.6. The maximum Gasteiger partial charge on any atom is 0.204 e. The van der Waals surface area contributed by atoms with Crippen LogP contribution in [0.3, 0.4) is 0 Å². The van der Waals surface area contributed by atoms with Gasteiger partial charge in [-0.2, -0.15) is 8.78 Å². The van der Waals surface area contributed by atoms with E-state index in [9.17, 15) is 8.78 Å². The lowest BCUT2D eigenvalue weighted by atomic mass is 9.87. The van der Waals surface area contributed by atoms with Gasteiger partial charge in [0, 0.05) is 5.56 Å². The zero-order valence-corrected chi connectivity index (χ0v) is 17.6. The fourth-order valence-corrected chi connectivity index (χ4v) is 3.56. The van der Waals surface area contributed by atoms with Gasteiger partial charge in [-0.1, -0.05) is 49.8 Å². The van der Waals surface area contributed by atoms with Gasteiger partial charge in [-0.15, -0.1) is 0 Å². The van der Waals surface area contributed by atoms with Gasteiger partial charge in [-0.05, 0) is 67.5 Å². The minimum atomic E-state index is -1.04. The molecule has 1 aliphatic carbocycles. The predicted molar refractivity (Wildman–Crippen MR) is 116 cm³/mol. The average molecular weight is 411 g/mol. The fraction of sp³-hybridized carbons (Fsp3) is 0.385. The zero-order chi connectivity index (χ0) is 21.3. The van der Waals surface area contributed by atoms with Crippen molar-refractivity contribution in [1.82, 2.24) is 0 Å².